The molecule has 0 radical (unpaired) electrons. The Morgan fingerprint density at radius 2 is 1.96 bits per heavy atom. The quantitative estimate of drug-likeness (QED) is 0.627. The largest absolute Gasteiger partial charge is 0.457 e. The molecule has 1 fully saturated rings. The number of hydrogen-bond acceptors (Lipinski definition) is 5. The summed E-state index contributed by atoms with van der Waals surface area (Å²) in [7, 11) is 0. The number of esters is 1. The fourth-order valence-corrected chi connectivity index (χ4v) is 2.72. The molecule has 2 unspecified atom stereocenters. The molecule has 24 heavy (non-hydrogen) atoms. The van der Waals surface area contributed by atoms with Gasteiger partial charge < -0.3 is 4.74 Å². The Balaban J connectivity index is 2.20. The molecule has 0 N–H and O–H groups in total. The molecule has 1 aliphatic rings. The summed E-state index contributed by atoms with van der Waals surface area (Å²) < 4.78 is 5.43. The molecule has 1 aromatic rings. The van der Waals surface area contributed by atoms with Gasteiger partial charge in [-0.3, -0.25) is 9.59 Å². The molecule has 1 aromatic carbocycles. The van der Waals surface area contributed by atoms with E-state index in [1.165, 1.54) is 6.92 Å². The van der Waals surface area contributed by atoms with Crippen LogP contribution in [0.2, 0.25) is 0 Å². The van der Waals surface area contributed by atoms with Crippen LogP contribution in [0.4, 0.5) is 0 Å². The number of ether oxygens (including phenoxy) is 1. The normalized spacial score (nSPS) is 21.5. The summed E-state index contributed by atoms with van der Waals surface area (Å²) in [5, 5.41) is 18.0. The lowest BCUT2D eigenvalue weighted by Crippen LogP contribution is -2.27. The maximum atomic E-state index is 11.8. The molecule has 122 valence electrons. The zero-order chi connectivity index (χ0) is 17.5. The number of nitrogens with zero attached hydrogens (tertiary/aromatic N) is 2. The molecular formula is C19H18N2O3. The van der Waals surface area contributed by atoms with Crippen LogP contribution >= 0.6 is 0 Å². The van der Waals surface area contributed by atoms with Crippen molar-refractivity contribution in [2.75, 3.05) is 0 Å². The van der Waals surface area contributed by atoms with Crippen LogP contribution in [0.25, 0.3) is 6.08 Å². The molecule has 2 atom stereocenters. The maximum Gasteiger partial charge on any atom is 0.313 e. The van der Waals surface area contributed by atoms with E-state index in [-0.39, 0.29) is 18.1 Å². The third-order valence-electron chi connectivity index (χ3n) is 3.91. The lowest BCUT2D eigenvalue weighted by molar-refractivity contribution is -0.149. The van der Waals surface area contributed by atoms with E-state index in [1.807, 2.05) is 18.2 Å². The molecular weight excluding hydrogens is 304 g/mol. The third-order valence-corrected chi connectivity index (χ3v) is 3.91. The van der Waals surface area contributed by atoms with E-state index in [2.05, 4.69) is 12.1 Å². The summed E-state index contributed by atoms with van der Waals surface area (Å²) >= 11 is 0. The summed E-state index contributed by atoms with van der Waals surface area (Å²) in [5.41, 5.74) is 2.32. The Bertz CT molecular complexity index is 735. The molecule has 0 bridgehead atoms. The van der Waals surface area contributed by atoms with Crippen LogP contribution in [0.3, 0.4) is 0 Å². The van der Waals surface area contributed by atoms with Crippen molar-refractivity contribution in [1.29, 1.82) is 10.5 Å². The summed E-state index contributed by atoms with van der Waals surface area (Å²) in [4.78, 5) is 22.8. The van der Waals surface area contributed by atoms with E-state index in [0.29, 0.717) is 24.8 Å². The summed E-state index contributed by atoms with van der Waals surface area (Å²) in [6.07, 6.45) is 3.04. The highest BCUT2D eigenvalue weighted by molar-refractivity contribution is 5.94. The van der Waals surface area contributed by atoms with E-state index in [1.54, 1.807) is 12.1 Å². The van der Waals surface area contributed by atoms with Crippen molar-refractivity contribution in [2.24, 2.45) is 5.92 Å². The molecule has 0 saturated heterocycles. The van der Waals surface area contributed by atoms with Crippen molar-refractivity contribution in [2.45, 2.75) is 38.7 Å². The van der Waals surface area contributed by atoms with Gasteiger partial charge in [-0.05, 0) is 49.5 Å². The number of benzene rings is 1. The van der Waals surface area contributed by atoms with Crippen LogP contribution < -0.4 is 0 Å². The Kier molecular flexibility index (Phi) is 5.87. The Morgan fingerprint density at radius 1 is 1.25 bits per heavy atom. The molecule has 0 heterocycles. The number of hydrogen-bond donors (Lipinski definition) is 0. The van der Waals surface area contributed by atoms with E-state index < -0.39 is 12.1 Å². The van der Waals surface area contributed by atoms with Crippen LogP contribution in [0.15, 0.2) is 29.8 Å². The SMILES string of the molecule is CC(=O)CC(=O)OC1CCC(C#N)C/C1=C\c1ccc(C#N)cc1. The first-order valence-corrected chi connectivity index (χ1v) is 7.81. The minimum atomic E-state index is -0.534. The van der Waals surface area contributed by atoms with Gasteiger partial charge in [0, 0.05) is 0 Å². The standard InChI is InChI=1S/C19H18N2O3/c1-13(22)8-19(23)24-18-7-6-16(12-21)10-17(18)9-14-2-4-15(11-20)5-3-14/h2-5,9,16,18H,6-8,10H2,1H3/b17-9+. The molecule has 0 aromatic heterocycles. The molecule has 5 heteroatoms. The van der Waals surface area contributed by atoms with Crippen molar-refractivity contribution in [3.05, 3.63) is 41.0 Å². The second kappa shape index (κ2) is 8.08. The summed E-state index contributed by atoms with van der Waals surface area (Å²) in [5.74, 6) is -0.866. The average Bonchev–Trinajstić information content (AvgIpc) is 2.56. The van der Waals surface area contributed by atoms with Gasteiger partial charge in [0.25, 0.3) is 0 Å². The van der Waals surface area contributed by atoms with E-state index >= 15 is 0 Å². The monoisotopic (exact) mass is 322 g/mol. The fourth-order valence-electron chi connectivity index (χ4n) is 2.72. The van der Waals surface area contributed by atoms with Crippen LogP contribution in [-0.4, -0.2) is 17.9 Å². The third kappa shape index (κ3) is 4.79. The number of Topliss-reactive ketones (excluding diaryl/α,β-unsaturated/α-hetero) is 1. The van der Waals surface area contributed by atoms with Crippen molar-refractivity contribution >= 4 is 17.8 Å². The number of nitriles is 2. The van der Waals surface area contributed by atoms with Crippen molar-refractivity contribution in [1.82, 2.24) is 0 Å². The van der Waals surface area contributed by atoms with Crippen molar-refractivity contribution in [3.63, 3.8) is 0 Å². The Labute approximate surface area is 141 Å². The Morgan fingerprint density at radius 3 is 2.54 bits per heavy atom. The Hall–Kier alpha value is -2.92. The number of carbonyl (C=O) groups is 2. The van der Waals surface area contributed by atoms with E-state index in [9.17, 15) is 9.59 Å². The van der Waals surface area contributed by atoms with E-state index in [4.69, 9.17) is 15.3 Å². The predicted molar refractivity (Wildman–Crippen MR) is 87.3 cm³/mol. The van der Waals surface area contributed by atoms with Crippen LogP contribution in [-0.2, 0) is 14.3 Å². The van der Waals surface area contributed by atoms with Crippen molar-refractivity contribution in [3.8, 4) is 12.1 Å². The van der Waals surface area contributed by atoms with E-state index in [0.717, 1.165) is 11.1 Å². The second-order valence-corrected chi connectivity index (χ2v) is 5.92. The van der Waals surface area contributed by atoms with Gasteiger partial charge in [0.1, 0.15) is 18.3 Å². The summed E-state index contributed by atoms with van der Waals surface area (Å²) in [6, 6.07) is 11.4. The second-order valence-electron chi connectivity index (χ2n) is 5.92. The number of ketones is 1. The predicted octanol–water partition coefficient (Wildman–Crippen LogP) is 3.16. The zero-order valence-corrected chi connectivity index (χ0v) is 13.5. The highest BCUT2D eigenvalue weighted by Crippen LogP contribution is 2.32. The molecule has 0 amide bonds. The molecule has 0 aliphatic heterocycles. The van der Waals surface area contributed by atoms with Gasteiger partial charge in [-0.2, -0.15) is 10.5 Å². The van der Waals surface area contributed by atoms with Crippen molar-refractivity contribution < 1.29 is 14.3 Å². The van der Waals surface area contributed by atoms with Crippen LogP contribution in [0.1, 0.15) is 43.7 Å². The molecule has 0 spiro atoms. The minimum absolute atomic E-state index is 0.0996. The maximum absolute atomic E-state index is 11.8. The van der Waals surface area contributed by atoms with Crippen LogP contribution in [0.5, 0.6) is 0 Å². The zero-order valence-electron chi connectivity index (χ0n) is 13.5. The fraction of sp³-hybridized carbons (Fsp3) is 0.368. The van der Waals surface area contributed by atoms with Gasteiger partial charge in [0.05, 0.1) is 23.6 Å². The molecule has 2 rings (SSSR count). The molecule has 5 nitrogen and oxygen atoms in total. The van der Waals surface area contributed by atoms with Gasteiger partial charge in [-0.25, -0.2) is 0 Å². The van der Waals surface area contributed by atoms with Crippen LogP contribution in [0, 0.1) is 28.6 Å². The number of rotatable bonds is 4. The average molecular weight is 322 g/mol. The van der Waals surface area contributed by atoms with Gasteiger partial charge in [-0.1, -0.05) is 18.2 Å². The van der Waals surface area contributed by atoms with Gasteiger partial charge in [-0.15, -0.1) is 0 Å². The molecule has 1 saturated carbocycles. The highest BCUT2D eigenvalue weighted by Gasteiger charge is 2.28. The first-order valence-electron chi connectivity index (χ1n) is 7.81. The lowest BCUT2D eigenvalue weighted by atomic mass is 9.83. The first-order chi connectivity index (χ1) is 11.5. The molecule has 1 aliphatic carbocycles. The number of carbonyl (C=O) groups excluding carboxylic acids is 2. The topological polar surface area (TPSA) is 90.9 Å². The first kappa shape index (κ1) is 17.4. The lowest BCUT2D eigenvalue weighted by Gasteiger charge is -2.28. The minimum Gasteiger partial charge on any atom is -0.457 e. The smallest absolute Gasteiger partial charge is 0.313 e. The van der Waals surface area contributed by atoms with Gasteiger partial charge >= 0.3 is 5.97 Å². The highest BCUT2D eigenvalue weighted by atomic mass is 16.5. The van der Waals surface area contributed by atoms with Gasteiger partial charge in [0.15, 0.2) is 0 Å². The van der Waals surface area contributed by atoms with Gasteiger partial charge in [0.2, 0.25) is 0 Å². The summed E-state index contributed by atoms with van der Waals surface area (Å²) in [6.45, 7) is 1.35.